The van der Waals surface area contributed by atoms with E-state index in [0.29, 0.717) is 5.56 Å². The summed E-state index contributed by atoms with van der Waals surface area (Å²) < 4.78 is 0.816. The molecule has 0 amide bonds. The van der Waals surface area contributed by atoms with E-state index in [1.54, 1.807) is 6.07 Å². The maximum Gasteiger partial charge on any atom is 0.100 e. The Labute approximate surface area is 98.4 Å². The van der Waals surface area contributed by atoms with Crippen LogP contribution >= 0.6 is 15.9 Å². The minimum atomic E-state index is 0.208. The van der Waals surface area contributed by atoms with Crippen LogP contribution < -0.4 is 11.1 Å². The average Bonchev–Trinajstić information content (AvgIpc) is 2.17. The first-order valence-corrected chi connectivity index (χ1v) is 5.62. The molecule has 1 unspecified atom stereocenters. The quantitative estimate of drug-likeness (QED) is 0.881. The zero-order valence-corrected chi connectivity index (χ0v) is 10.2. The molecule has 15 heavy (non-hydrogen) atoms. The molecule has 0 aliphatic heterocycles. The van der Waals surface area contributed by atoms with Gasteiger partial charge in [0.2, 0.25) is 0 Å². The number of rotatable bonds is 4. The second-order valence-corrected chi connectivity index (χ2v) is 4.35. The molecule has 0 radical (unpaired) electrons. The highest BCUT2D eigenvalue weighted by atomic mass is 79.9. The van der Waals surface area contributed by atoms with Crippen LogP contribution in [0.4, 0.5) is 5.69 Å². The third kappa shape index (κ3) is 3.90. The van der Waals surface area contributed by atoms with E-state index in [-0.39, 0.29) is 6.04 Å². The molecule has 0 aliphatic rings. The van der Waals surface area contributed by atoms with Gasteiger partial charge in [-0.3, -0.25) is 0 Å². The van der Waals surface area contributed by atoms with Crippen LogP contribution in [0.25, 0.3) is 0 Å². The van der Waals surface area contributed by atoms with E-state index >= 15 is 0 Å². The molecular formula is C11H14BrN3. The molecule has 80 valence electrons. The molecule has 3 nitrogen and oxygen atoms in total. The summed E-state index contributed by atoms with van der Waals surface area (Å²) in [7, 11) is 0. The van der Waals surface area contributed by atoms with Crippen LogP contribution in [0, 0.1) is 11.3 Å². The molecule has 1 aromatic carbocycles. The summed E-state index contributed by atoms with van der Waals surface area (Å²) in [6, 6.07) is 7.90. The van der Waals surface area contributed by atoms with Crippen LogP contribution in [0.1, 0.15) is 18.9 Å². The van der Waals surface area contributed by atoms with Gasteiger partial charge < -0.3 is 11.1 Å². The van der Waals surface area contributed by atoms with Crippen molar-refractivity contribution in [3.05, 3.63) is 28.2 Å². The summed E-state index contributed by atoms with van der Waals surface area (Å²) in [5, 5.41) is 12.0. The SMILES string of the molecule is CC(N)CCNc1ccc(C#N)c(Br)c1. The molecule has 4 heteroatoms. The van der Waals surface area contributed by atoms with Gasteiger partial charge in [-0.1, -0.05) is 0 Å². The maximum atomic E-state index is 8.74. The molecule has 1 rings (SSSR count). The van der Waals surface area contributed by atoms with Crippen molar-refractivity contribution in [3.63, 3.8) is 0 Å². The van der Waals surface area contributed by atoms with Gasteiger partial charge in [-0.05, 0) is 47.5 Å². The first-order chi connectivity index (χ1) is 7.13. The first kappa shape index (κ1) is 12.0. The lowest BCUT2D eigenvalue weighted by atomic mass is 10.2. The van der Waals surface area contributed by atoms with E-state index in [1.807, 2.05) is 19.1 Å². The summed E-state index contributed by atoms with van der Waals surface area (Å²) in [5.41, 5.74) is 7.29. The normalized spacial score (nSPS) is 11.9. The molecule has 0 aromatic heterocycles. The van der Waals surface area contributed by atoms with E-state index in [1.165, 1.54) is 0 Å². The number of nitriles is 1. The number of benzene rings is 1. The number of hydrogen-bond donors (Lipinski definition) is 2. The van der Waals surface area contributed by atoms with Crippen molar-refractivity contribution in [2.24, 2.45) is 5.73 Å². The van der Waals surface area contributed by atoms with Crippen molar-refractivity contribution < 1.29 is 0 Å². The Morgan fingerprint density at radius 2 is 2.33 bits per heavy atom. The van der Waals surface area contributed by atoms with Crippen molar-refractivity contribution in [3.8, 4) is 6.07 Å². The van der Waals surface area contributed by atoms with E-state index in [4.69, 9.17) is 11.0 Å². The van der Waals surface area contributed by atoms with Gasteiger partial charge in [0, 0.05) is 22.7 Å². The van der Waals surface area contributed by atoms with Crippen LogP contribution in [0.5, 0.6) is 0 Å². The van der Waals surface area contributed by atoms with Crippen LogP contribution in [0.15, 0.2) is 22.7 Å². The Morgan fingerprint density at radius 1 is 1.60 bits per heavy atom. The smallest absolute Gasteiger partial charge is 0.100 e. The van der Waals surface area contributed by atoms with Gasteiger partial charge in [-0.25, -0.2) is 0 Å². The molecule has 3 N–H and O–H groups in total. The van der Waals surface area contributed by atoms with E-state index in [9.17, 15) is 0 Å². The van der Waals surface area contributed by atoms with Gasteiger partial charge in [0.25, 0.3) is 0 Å². The second-order valence-electron chi connectivity index (χ2n) is 3.50. The fourth-order valence-electron chi connectivity index (χ4n) is 1.16. The van der Waals surface area contributed by atoms with E-state index < -0.39 is 0 Å². The molecule has 0 spiro atoms. The Kier molecular flexibility index (Phi) is 4.60. The number of nitrogens with zero attached hydrogens (tertiary/aromatic N) is 1. The Hall–Kier alpha value is -1.05. The second kappa shape index (κ2) is 5.74. The summed E-state index contributed by atoms with van der Waals surface area (Å²) >= 11 is 3.34. The highest BCUT2D eigenvalue weighted by Gasteiger charge is 2.00. The molecule has 0 saturated heterocycles. The van der Waals surface area contributed by atoms with Gasteiger partial charge in [0.15, 0.2) is 0 Å². The fraction of sp³-hybridized carbons (Fsp3) is 0.364. The standard InChI is InChI=1S/C11H14BrN3/c1-8(14)4-5-15-10-3-2-9(7-13)11(12)6-10/h2-3,6,8,15H,4-5,14H2,1H3. The molecule has 0 heterocycles. The first-order valence-electron chi connectivity index (χ1n) is 4.82. The van der Waals surface area contributed by atoms with Crippen molar-refractivity contribution in [2.75, 3.05) is 11.9 Å². The van der Waals surface area contributed by atoms with Gasteiger partial charge in [-0.2, -0.15) is 5.26 Å². The minimum absolute atomic E-state index is 0.208. The van der Waals surface area contributed by atoms with E-state index in [0.717, 1.165) is 23.1 Å². The zero-order chi connectivity index (χ0) is 11.3. The number of nitrogens with two attached hydrogens (primary N) is 1. The van der Waals surface area contributed by atoms with Gasteiger partial charge in [0.05, 0.1) is 5.56 Å². The molecule has 0 aliphatic carbocycles. The lowest BCUT2D eigenvalue weighted by molar-refractivity contribution is 0.690. The van der Waals surface area contributed by atoms with Gasteiger partial charge >= 0.3 is 0 Å². The lowest BCUT2D eigenvalue weighted by Crippen LogP contribution is -2.19. The van der Waals surface area contributed by atoms with E-state index in [2.05, 4.69) is 27.3 Å². The van der Waals surface area contributed by atoms with Crippen molar-refractivity contribution in [1.29, 1.82) is 5.26 Å². The molecule has 0 bridgehead atoms. The molecular weight excluding hydrogens is 254 g/mol. The molecule has 1 atom stereocenters. The summed E-state index contributed by atoms with van der Waals surface area (Å²) in [6.07, 6.45) is 0.928. The fourth-order valence-corrected chi connectivity index (χ4v) is 1.63. The summed E-state index contributed by atoms with van der Waals surface area (Å²) in [4.78, 5) is 0. The van der Waals surface area contributed by atoms with Crippen LogP contribution in [0.3, 0.4) is 0 Å². The summed E-state index contributed by atoms with van der Waals surface area (Å²) in [6.45, 7) is 2.83. The average molecular weight is 268 g/mol. The maximum absolute atomic E-state index is 8.74. The topological polar surface area (TPSA) is 61.8 Å². The number of nitrogens with one attached hydrogen (secondary N) is 1. The monoisotopic (exact) mass is 267 g/mol. The van der Waals surface area contributed by atoms with Crippen LogP contribution in [0.2, 0.25) is 0 Å². The highest BCUT2D eigenvalue weighted by Crippen LogP contribution is 2.20. The Morgan fingerprint density at radius 3 is 2.87 bits per heavy atom. The van der Waals surface area contributed by atoms with Crippen molar-refractivity contribution in [2.45, 2.75) is 19.4 Å². The predicted octanol–water partition coefficient (Wildman–Crippen LogP) is 2.47. The van der Waals surface area contributed by atoms with Gasteiger partial charge in [0.1, 0.15) is 6.07 Å². The van der Waals surface area contributed by atoms with Crippen molar-refractivity contribution >= 4 is 21.6 Å². The van der Waals surface area contributed by atoms with Crippen LogP contribution in [-0.2, 0) is 0 Å². The number of halogens is 1. The minimum Gasteiger partial charge on any atom is -0.385 e. The molecule has 1 aromatic rings. The van der Waals surface area contributed by atoms with Crippen molar-refractivity contribution in [1.82, 2.24) is 0 Å². The third-order valence-corrected chi connectivity index (χ3v) is 2.67. The molecule has 0 fully saturated rings. The number of hydrogen-bond acceptors (Lipinski definition) is 3. The van der Waals surface area contributed by atoms with Crippen LogP contribution in [-0.4, -0.2) is 12.6 Å². The van der Waals surface area contributed by atoms with Gasteiger partial charge in [-0.15, -0.1) is 0 Å². The summed E-state index contributed by atoms with van der Waals surface area (Å²) in [5.74, 6) is 0. The number of anilines is 1. The Balaban J connectivity index is 2.57. The lowest BCUT2D eigenvalue weighted by Gasteiger charge is -2.08. The zero-order valence-electron chi connectivity index (χ0n) is 8.63. The largest absolute Gasteiger partial charge is 0.385 e. The predicted molar refractivity (Wildman–Crippen MR) is 65.6 cm³/mol. The molecule has 0 saturated carbocycles. The Bertz CT molecular complexity index is 369. The third-order valence-electron chi connectivity index (χ3n) is 2.02. The highest BCUT2D eigenvalue weighted by molar-refractivity contribution is 9.10.